The summed E-state index contributed by atoms with van der Waals surface area (Å²) in [4.78, 5) is 11.9. The minimum atomic E-state index is -0.940. The summed E-state index contributed by atoms with van der Waals surface area (Å²) in [6.45, 7) is 1.87. The number of benzene rings is 1. The summed E-state index contributed by atoms with van der Waals surface area (Å²) in [5.74, 6) is -0.659. The van der Waals surface area contributed by atoms with Gasteiger partial charge in [0.2, 0.25) is 0 Å². The molecule has 0 fully saturated rings. The number of methoxy groups -OCH3 is 1. The van der Waals surface area contributed by atoms with Crippen molar-refractivity contribution in [2.45, 2.75) is 12.5 Å². The summed E-state index contributed by atoms with van der Waals surface area (Å²) in [6, 6.07) is 7.91. The van der Waals surface area contributed by atoms with Crippen LogP contribution in [0.2, 0.25) is 0 Å². The van der Waals surface area contributed by atoms with Crippen LogP contribution in [0.4, 0.5) is 4.39 Å². The van der Waals surface area contributed by atoms with E-state index in [0.717, 1.165) is 0 Å². The number of hydrogen-bond donors (Lipinski definition) is 1. The molecule has 1 amide bonds. The molecule has 0 saturated carbocycles. The third kappa shape index (κ3) is 2.88. The minimum absolute atomic E-state index is 0.147. The van der Waals surface area contributed by atoms with Crippen LogP contribution in [0.1, 0.15) is 22.8 Å². The molecule has 0 radical (unpaired) electrons. The first-order chi connectivity index (χ1) is 9.57. The van der Waals surface area contributed by atoms with Gasteiger partial charge in [0.25, 0.3) is 5.91 Å². The number of nitrogens with one attached hydrogen (secondary N) is 1. The molecule has 0 aliphatic heterocycles. The van der Waals surface area contributed by atoms with Crippen LogP contribution < -0.4 is 5.32 Å². The maximum Gasteiger partial charge on any atom is 0.254 e. The van der Waals surface area contributed by atoms with Gasteiger partial charge in [0.15, 0.2) is 0 Å². The molecule has 0 unspecified atom stereocenters. The molecule has 1 heterocycles. The molecule has 0 saturated heterocycles. The lowest BCUT2D eigenvalue weighted by Crippen LogP contribution is -2.40. The number of amides is 1. The van der Waals surface area contributed by atoms with E-state index < -0.39 is 5.60 Å². The zero-order chi connectivity index (χ0) is 14.6. The van der Waals surface area contributed by atoms with Crippen molar-refractivity contribution in [2.24, 2.45) is 0 Å². The molecule has 0 aliphatic rings. The van der Waals surface area contributed by atoms with Gasteiger partial charge in [-0.05, 0) is 19.1 Å². The van der Waals surface area contributed by atoms with Crippen molar-refractivity contribution in [1.82, 2.24) is 5.32 Å². The molecular formula is C15H16FNO3. The van der Waals surface area contributed by atoms with E-state index >= 15 is 0 Å². The molecule has 5 heteroatoms. The molecule has 4 nitrogen and oxygen atoms in total. The van der Waals surface area contributed by atoms with Gasteiger partial charge in [0.1, 0.15) is 17.7 Å². The highest BCUT2D eigenvalue weighted by molar-refractivity contribution is 5.93. The highest BCUT2D eigenvalue weighted by atomic mass is 19.1. The average Bonchev–Trinajstić information content (AvgIpc) is 2.99. The van der Waals surface area contributed by atoms with Crippen molar-refractivity contribution >= 4 is 5.91 Å². The van der Waals surface area contributed by atoms with E-state index in [0.29, 0.717) is 11.1 Å². The van der Waals surface area contributed by atoms with Crippen LogP contribution in [-0.4, -0.2) is 19.6 Å². The molecular weight excluding hydrogens is 261 g/mol. The Kier molecular flexibility index (Phi) is 4.20. The highest BCUT2D eigenvalue weighted by Gasteiger charge is 2.29. The van der Waals surface area contributed by atoms with Gasteiger partial charge in [-0.3, -0.25) is 4.79 Å². The second kappa shape index (κ2) is 5.88. The number of carbonyl (C=O) groups excluding carboxylic acids is 1. The topological polar surface area (TPSA) is 51.5 Å². The van der Waals surface area contributed by atoms with Crippen LogP contribution >= 0.6 is 0 Å². The molecule has 0 spiro atoms. The molecule has 0 aliphatic carbocycles. The van der Waals surface area contributed by atoms with Crippen molar-refractivity contribution in [3.63, 3.8) is 0 Å². The number of rotatable bonds is 5. The van der Waals surface area contributed by atoms with Gasteiger partial charge in [0, 0.05) is 12.7 Å². The fraction of sp³-hybridized carbons (Fsp3) is 0.267. The van der Waals surface area contributed by atoms with Gasteiger partial charge in [-0.25, -0.2) is 4.39 Å². The Labute approximate surface area is 116 Å². The van der Waals surface area contributed by atoms with Crippen LogP contribution in [0.25, 0.3) is 0 Å². The lowest BCUT2D eigenvalue weighted by atomic mass is 9.95. The van der Waals surface area contributed by atoms with E-state index in [-0.39, 0.29) is 18.3 Å². The lowest BCUT2D eigenvalue weighted by Gasteiger charge is -2.29. The number of ether oxygens (including phenoxy) is 1. The van der Waals surface area contributed by atoms with Crippen molar-refractivity contribution in [1.29, 1.82) is 0 Å². The van der Waals surface area contributed by atoms with E-state index in [1.807, 2.05) is 0 Å². The molecule has 20 heavy (non-hydrogen) atoms. The summed E-state index contributed by atoms with van der Waals surface area (Å²) in [6.07, 6.45) is 2.77. The van der Waals surface area contributed by atoms with Crippen LogP contribution in [0.5, 0.6) is 0 Å². The number of carbonyl (C=O) groups is 1. The van der Waals surface area contributed by atoms with Crippen molar-refractivity contribution in [3.8, 4) is 0 Å². The van der Waals surface area contributed by atoms with E-state index in [1.165, 1.54) is 25.7 Å². The van der Waals surface area contributed by atoms with Gasteiger partial charge in [-0.15, -0.1) is 0 Å². The fourth-order valence-electron chi connectivity index (χ4n) is 1.91. The van der Waals surface area contributed by atoms with Gasteiger partial charge < -0.3 is 14.5 Å². The first kappa shape index (κ1) is 14.3. The van der Waals surface area contributed by atoms with Crippen molar-refractivity contribution in [3.05, 3.63) is 59.8 Å². The van der Waals surface area contributed by atoms with Gasteiger partial charge in [-0.1, -0.05) is 18.2 Å². The van der Waals surface area contributed by atoms with Crippen LogP contribution in [0, 0.1) is 5.82 Å². The summed E-state index contributed by atoms with van der Waals surface area (Å²) >= 11 is 0. The number of halogens is 1. The molecule has 1 aromatic heterocycles. The summed E-state index contributed by atoms with van der Waals surface area (Å²) < 4.78 is 24.1. The zero-order valence-electron chi connectivity index (χ0n) is 11.4. The molecule has 0 bridgehead atoms. The Morgan fingerprint density at radius 3 is 2.75 bits per heavy atom. The second-order valence-corrected chi connectivity index (χ2v) is 4.61. The maximum atomic E-state index is 13.9. The quantitative estimate of drug-likeness (QED) is 0.914. The maximum absolute atomic E-state index is 13.9. The van der Waals surface area contributed by atoms with Crippen LogP contribution in [0.15, 0.2) is 47.3 Å². The summed E-state index contributed by atoms with van der Waals surface area (Å²) in [5, 5.41) is 2.71. The molecule has 2 aromatic rings. The molecule has 2 rings (SSSR count). The first-order valence-corrected chi connectivity index (χ1v) is 6.17. The Morgan fingerprint density at radius 2 is 2.15 bits per heavy atom. The normalized spacial score (nSPS) is 13.8. The zero-order valence-corrected chi connectivity index (χ0v) is 11.4. The lowest BCUT2D eigenvalue weighted by molar-refractivity contribution is 0.000383. The highest BCUT2D eigenvalue weighted by Crippen LogP contribution is 2.26. The summed E-state index contributed by atoms with van der Waals surface area (Å²) in [5.41, 5.74) is -0.128. The van der Waals surface area contributed by atoms with Crippen molar-refractivity contribution < 1.29 is 18.3 Å². The van der Waals surface area contributed by atoms with Crippen molar-refractivity contribution in [2.75, 3.05) is 13.7 Å². The Hall–Kier alpha value is -2.14. The fourth-order valence-corrected chi connectivity index (χ4v) is 1.91. The van der Waals surface area contributed by atoms with Gasteiger partial charge in [0.05, 0.1) is 18.4 Å². The van der Waals surface area contributed by atoms with E-state index in [2.05, 4.69) is 5.32 Å². The molecule has 1 aromatic carbocycles. The number of furan rings is 1. The third-order valence-electron chi connectivity index (χ3n) is 3.26. The second-order valence-electron chi connectivity index (χ2n) is 4.61. The van der Waals surface area contributed by atoms with E-state index in [4.69, 9.17) is 9.15 Å². The summed E-state index contributed by atoms with van der Waals surface area (Å²) in [7, 11) is 1.48. The average molecular weight is 277 g/mol. The standard InChI is InChI=1S/C15H16FNO3/c1-15(19-2,12-5-3-4-6-13(12)16)10-17-14(18)11-7-8-20-9-11/h3-9H,10H2,1-2H3,(H,17,18)/t15-/m1/s1. The molecule has 1 atom stereocenters. The Balaban J connectivity index is 2.12. The van der Waals surface area contributed by atoms with E-state index in [1.54, 1.807) is 31.2 Å². The third-order valence-corrected chi connectivity index (χ3v) is 3.26. The van der Waals surface area contributed by atoms with Gasteiger partial charge in [-0.2, -0.15) is 0 Å². The Morgan fingerprint density at radius 1 is 1.40 bits per heavy atom. The largest absolute Gasteiger partial charge is 0.472 e. The minimum Gasteiger partial charge on any atom is -0.472 e. The smallest absolute Gasteiger partial charge is 0.254 e. The van der Waals surface area contributed by atoms with Gasteiger partial charge >= 0.3 is 0 Å². The molecule has 1 N–H and O–H groups in total. The number of hydrogen-bond acceptors (Lipinski definition) is 3. The van der Waals surface area contributed by atoms with Crippen LogP contribution in [-0.2, 0) is 10.3 Å². The molecule has 106 valence electrons. The van der Waals surface area contributed by atoms with Crippen LogP contribution in [0.3, 0.4) is 0 Å². The predicted molar refractivity (Wildman–Crippen MR) is 71.8 cm³/mol. The SMILES string of the molecule is CO[C@](C)(CNC(=O)c1ccoc1)c1ccccc1F. The van der Waals surface area contributed by atoms with E-state index in [9.17, 15) is 9.18 Å². The monoisotopic (exact) mass is 277 g/mol. The predicted octanol–water partition coefficient (Wildman–Crippen LogP) is 2.71. The first-order valence-electron chi connectivity index (χ1n) is 6.17. The Bertz CT molecular complexity index is 583.